The van der Waals surface area contributed by atoms with E-state index in [4.69, 9.17) is 28.9 Å². The summed E-state index contributed by atoms with van der Waals surface area (Å²) in [5, 5.41) is 0.982. The maximum absolute atomic E-state index is 5.84. The van der Waals surface area contributed by atoms with Gasteiger partial charge in [0.25, 0.3) is 0 Å². The van der Waals surface area contributed by atoms with Crippen molar-refractivity contribution in [2.45, 2.75) is 13.8 Å². The van der Waals surface area contributed by atoms with Gasteiger partial charge in [-0.2, -0.15) is 0 Å². The largest absolute Gasteiger partial charge is 0.383 e. The van der Waals surface area contributed by atoms with Crippen LogP contribution < -0.4 is 5.73 Å². The van der Waals surface area contributed by atoms with Crippen LogP contribution in [0.4, 0.5) is 5.82 Å². The fraction of sp³-hybridized carbons (Fsp3) is 0.286. The molecule has 0 unspecified atom stereocenters. The van der Waals surface area contributed by atoms with E-state index in [0.717, 1.165) is 5.56 Å². The first-order valence-electron chi connectivity index (χ1n) is 3.11. The molecule has 0 aromatic carbocycles. The van der Waals surface area contributed by atoms with Crippen molar-refractivity contribution in [2.75, 3.05) is 5.73 Å². The summed E-state index contributed by atoms with van der Waals surface area (Å²) in [5.41, 5.74) is 6.94. The normalized spacial score (nSPS) is 10.2. The van der Waals surface area contributed by atoms with Crippen LogP contribution >= 0.6 is 23.2 Å². The Bertz CT molecular complexity index is 271. The van der Waals surface area contributed by atoms with Gasteiger partial charge in [0.1, 0.15) is 5.82 Å². The lowest BCUT2D eigenvalue weighted by atomic mass is 10.2. The molecule has 11 heavy (non-hydrogen) atoms. The van der Waals surface area contributed by atoms with Crippen molar-refractivity contribution in [1.29, 1.82) is 0 Å². The molecule has 0 radical (unpaired) electrons. The smallest absolute Gasteiger partial charge is 0.128 e. The lowest BCUT2D eigenvalue weighted by Crippen LogP contribution is -1.97. The van der Waals surface area contributed by atoms with Crippen molar-refractivity contribution in [2.24, 2.45) is 0 Å². The Balaban J connectivity index is 3.46. The van der Waals surface area contributed by atoms with E-state index < -0.39 is 0 Å². The minimum Gasteiger partial charge on any atom is -0.383 e. The number of hydrogen-bond acceptors (Lipinski definition) is 2. The molecule has 0 aliphatic heterocycles. The van der Waals surface area contributed by atoms with Gasteiger partial charge in [-0.15, -0.1) is 0 Å². The number of rotatable bonds is 0. The SMILES string of the molecule is Cc1nc(N)c(C)c(Cl)c1Cl. The lowest BCUT2D eigenvalue weighted by Gasteiger charge is -2.05. The Labute approximate surface area is 75.3 Å². The molecular formula is C7H8Cl2N2. The van der Waals surface area contributed by atoms with Crippen LogP contribution in [-0.2, 0) is 0 Å². The molecule has 1 aromatic heterocycles. The predicted octanol–water partition coefficient (Wildman–Crippen LogP) is 2.59. The first kappa shape index (κ1) is 8.62. The number of halogens is 2. The van der Waals surface area contributed by atoms with Crippen LogP contribution in [0.25, 0.3) is 0 Å². The van der Waals surface area contributed by atoms with Gasteiger partial charge in [0.05, 0.1) is 15.7 Å². The van der Waals surface area contributed by atoms with Crippen molar-refractivity contribution in [1.82, 2.24) is 4.98 Å². The first-order valence-corrected chi connectivity index (χ1v) is 3.87. The molecule has 0 saturated heterocycles. The van der Waals surface area contributed by atoms with Crippen molar-refractivity contribution in [3.8, 4) is 0 Å². The average molecular weight is 191 g/mol. The highest BCUT2D eigenvalue weighted by atomic mass is 35.5. The lowest BCUT2D eigenvalue weighted by molar-refractivity contribution is 1.18. The molecule has 2 nitrogen and oxygen atoms in total. The van der Waals surface area contributed by atoms with Gasteiger partial charge in [0.15, 0.2) is 0 Å². The van der Waals surface area contributed by atoms with E-state index in [1.807, 2.05) is 0 Å². The highest BCUT2D eigenvalue weighted by Gasteiger charge is 2.08. The van der Waals surface area contributed by atoms with Gasteiger partial charge < -0.3 is 5.73 Å². The summed E-state index contributed by atoms with van der Waals surface area (Å²) in [5.74, 6) is 0.442. The van der Waals surface area contributed by atoms with Gasteiger partial charge in [0.2, 0.25) is 0 Å². The number of hydrogen-bond donors (Lipinski definition) is 1. The van der Waals surface area contributed by atoms with Gasteiger partial charge in [-0.3, -0.25) is 0 Å². The summed E-state index contributed by atoms with van der Waals surface area (Å²) in [6.07, 6.45) is 0. The van der Waals surface area contributed by atoms with Crippen molar-refractivity contribution in [3.63, 3.8) is 0 Å². The number of nitrogens with zero attached hydrogens (tertiary/aromatic N) is 1. The highest BCUT2D eigenvalue weighted by molar-refractivity contribution is 6.43. The number of aryl methyl sites for hydroxylation is 1. The molecule has 0 atom stereocenters. The number of anilines is 1. The molecule has 2 N–H and O–H groups in total. The van der Waals surface area contributed by atoms with E-state index >= 15 is 0 Å². The Morgan fingerprint density at radius 1 is 1.18 bits per heavy atom. The third-order valence-electron chi connectivity index (χ3n) is 1.51. The van der Waals surface area contributed by atoms with Crippen LogP contribution in [0, 0.1) is 13.8 Å². The van der Waals surface area contributed by atoms with E-state index in [2.05, 4.69) is 4.98 Å². The summed E-state index contributed by atoms with van der Waals surface area (Å²) < 4.78 is 0. The Hall–Kier alpha value is -0.470. The monoisotopic (exact) mass is 190 g/mol. The van der Waals surface area contributed by atoms with E-state index in [1.54, 1.807) is 13.8 Å². The third-order valence-corrected chi connectivity index (χ3v) is 2.54. The number of nitrogens with two attached hydrogens (primary N) is 1. The second-order valence-electron chi connectivity index (χ2n) is 2.34. The molecule has 1 heterocycles. The van der Waals surface area contributed by atoms with Gasteiger partial charge >= 0.3 is 0 Å². The van der Waals surface area contributed by atoms with Crippen LogP contribution in [0.5, 0.6) is 0 Å². The molecule has 0 aliphatic carbocycles. The average Bonchev–Trinajstić information content (AvgIpc) is 1.97. The summed E-state index contributed by atoms with van der Waals surface area (Å²) in [6, 6.07) is 0. The molecule has 0 aliphatic rings. The summed E-state index contributed by atoms with van der Waals surface area (Å²) in [4.78, 5) is 3.99. The third kappa shape index (κ3) is 1.42. The zero-order chi connectivity index (χ0) is 8.59. The van der Waals surface area contributed by atoms with E-state index in [1.165, 1.54) is 0 Å². The Kier molecular flexibility index (Phi) is 2.25. The second-order valence-corrected chi connectivity index (χ2v) is 3.09. The predicted molar refractivity (Wildman–Crippen MR) is 48.1 cm³/mol. The molecule has 1 aromatic rings. The van der Waals surface area contributed by atoms with Gasteiger partial charge in [-0.1, -0.05) is 23.2 Å². The molecule has 0 spiro atoms. The maximum atomic E-state index is 5.84. The standard InChI is InChI=1S/C7H8Cl2N2/c1-3-5(8)6(9)4(2)11-7(3)10/h1-2H3,(H2,10,11). The van der Waals surface area contributed by atoms with Gasteiger partial charge in [-0.25, -0.2) is 4.98 Å². The van der Waals surface area contributed by atoms with Crippen LogP contribution in [0.2, 0.25) is 10.0 Å². The van der Waals surface area contributed by atoms with Crippen LogP contribution in [0.15, 0.2) is 0 Å². The molecule has 0 saturated carbocycles. The zero-order valence-electron chi connectivity index (χ0n) is 6.28. The second kappa shape index (κ2) is 2.88. The molecule has 4 heteroatoms. The number of pyridine rings is 1. The zero-order valence-corrected chi connectivity index (χ0v) is 7.79. The quantitative estimate of drug-likeness (QED) is 0.684. The number of nitrogen functional groups attached to an aromatic ring is 1. The van der Waals surface area contributed by atoms with Crippen LogP contribution in [-0.4, -0.2) is 4.98 Å². The molecule has 0 fully saturated rings. The maximum Gasteiger partial charge on any atom is 0.128 e. The van der Waals surface area contributed by atoms with E-state index in [-0.39, 0.29) is 0 Å². The van der Waals surface area contributed by atoms with E-state index in [0.29, 0.717) is 21.6 Å². The Morgan fingerprint density at radius 2 is 1.73 bits per heavy atom. The summed E-state index contributed by atoms with van der Waals surface area (Å²) in [7, 11) is 0. The number of aromatic nitrogens is 1. The molecule has 1 rings (SSSR count). The van der Waals surface area contributed by atoms with Gasteiger partial charge in [-0.05, 0) is 13.8 Å². The fourth-order valence-corrected chi connectivity index (χ4v) is 1.17. The van der Waals surface area contributed by atoms with Gasteiger partial charge in [0, 0.05) is 5.56 Å². The highest BCUT2D eigenvalue weighted by Crippen LogP contribution is 2.29. The fourth-order valence-electron chi connectivity index (χ4n) is 0.749. The van der Waals surface area contributed by atoms with Crippen molar-refractivity contribution < 1.29 is 0 Å². The first-order chi connectivity index (χ1) is 5.04. The minimum absolute atomic E-state index is 0.442. The molecule has 0 amide bonds. The van der Waals surface area contributed by atoms with Crippen molar-refractivity contribution in [3.05, 3.63) is 21.3 Å². The van der Waals surface area contributed by atoms with E-state index in [9.17, 15) is 0 Å². The van der Waals surface area contributed by atoms with Crippen LogP contribution in [0.3, 0.4) is 0 Å². The van der Waals surface area contributed by atoms with Crippen LogP contribution in [0.1, 0.15) is 11.3 Å². The Morgan fingerprint density at radius 3 is 2.27 bits per heavy atom. The molecule has 60 valence electrons. The topological polar surface area (TPSA) is 38.9 Å². The molecule has 0 bridgehead atoms. The minimum atomic E-state index is 0.442. The van der Waals surface area contributed by atoms with Crippen molar-refractivity contribution >= 4 is 29.0 Å². The summed E-state index contributed by atoms with van der Waals surface area (Å²) in [6.45, 7) is 3.56. The molecular weight excluding hydrogens is 183 g/mol. The summed E-state index contributed by atoms with van der Waals surface area (Å²) >= 11 is 11.6.